The molecule has 3 heterocycles. The number of carbonyl (C=O) groups is 1. The predicted octanol–water partition coefficient (Wildman–Crippen LogP) is 0.645. The Bertz CT molecular complexity index is 1270. The molecule has 0 bridgehead atoms. The third kappa shape index (κ3) is 3.89. The average molecular weight is 442 g/mol. The second-order valence-electron chi connectivity index (χ2n) is 7.68. The second-order valence-corrected chi connectivity index (χ2v) is 7.68. The summed E-state index contributed by atoms with van der Waals surface area (Å²) in [6.07, 6.45) is 0.262. The smallest absolute Gasteiger partial charge is 0.332 e. The third-order valence-corrected chi connectivity index (χ3v) is 5.52. The van der Waals surface area contributed by atoms with Gasteiger partial charge in [0.25, 0.3) is 11.5 Å². The number of nitrogens with zero attached hydrogens (tertiary/aromatic N) is 3. The summed E-state index contributed by atoms with van der Waals surface area (Å²) in [5.41, 5.74) is -0.188. The van der Waals surface area contributed by atoms with Crippen LogP contribution in [0.1, 0.15) is 16.9 Å². The van der Waals surface area contributed by atoms with Crippen molar-refractivity contribution >= 4 is 16.9 Å². The first-order valence-corrected chi connectivity index (χ1v) is 10.4. The Labute approximate surface area is 183 Å². The van der Waals surface area contributed by atoms with E-state index in [4.69, 9.17) is 14.2 Å². The Morgan fingerprint density at radius 2 is 1.94 bits per heavy atom. The normalized spacial score (nSPS) is 15.2. The van der Waals surface area contributed by atoms with Crippen LogP contribution in [-0.4, -0.2) is 52.6 Å². The van der Waals surface area contributed by atoms with Crippen LogP contribution in [0, 0.1) is 0 Å². The highest BCUT2D eigenvalue weighted by atomic mass is 16.6. The lowest BCUT2D eigenvalue weighted by molar-refractivity contribution is 0.0783. The van der Waals surface area contributed by atoms with Crippen LogP contribution in [0.15, 0.2) is 39.9 Å². The van der Waals surface area contributed by atoms with Gasteiger partial charge < -0.3 is 24.1 Å². The highest BCUT2D eigenvalue weighted by Crippen LogP contribution is 2.30. The van der Waals surface area contributed by atoms with E-state index in [0.717, 1.165) is 4.57 Å². The highest BCUT2D eigenvalue weighted by Gasteiger charge is 2.24. The molecular weight excluding hydrogens is 416 g/mol. The molecule has 0 fully saturated rings. The molecule has 170 valence electrons. The lowest BCUT2D eigenvalue weighted by Crippen LogP contribution is -2.41. The van der Waals surface area contributed by atoms with Gasteiger partial charge >= 0.3 is 5.69 Å². The fourth-order valence-electron chi connectivity index (χ4n) is 3.88. The Hall–Kier alpha value is -3.53. The van der Waals surface area contributed by atoms with Gasteiger partial charge in [-0.2, -0.15) is 0 Å². The zero-order valence-corrected chi connectivity index (χ0v) is 18.3. The SMILES string of the molecule is COCCCn1c(C(=O)NC[C@H]2COc3ccccc3O2)cc2c(=O)n(C)c(=O)n(C)c21. The molecule has 4 rings (SSSR count). The molecule has 1 aliphatic heterocycles. The first-order chi connectivity index (χ1) is 15.4. The van der Waals surface area contributed by atoms with Gasteiger partial charge in [0.15, 0.2) is 11.5 Å². The average Bonchev–Trinajstić information content (AvgIpc) is 3.19. The van der Waals surface area contributed by atoms with Crippen molar-refractivity contribution in [2.45, 2.75) is 19.1 Å². The van der Waals surface area contributed by atoms with Crippen LogP contribution >= 0.6 is 0 Å². The van der Waals surface area contributed by atoms with Crippen LogP contribution in [-0.2, 0) is 25.4 Å². The van der Waals surface area contributed by atoms with Gasteiger partial charge in [0, 0.05) is 34.4 Å². The van der Waals surface area contributed by atoms with Crippen LogP contribution in [0.25, 0.3) is 11.0 Å². The monoisotopic (exact) mass is 442 g/mol. The molecule has 0 radical (unpaired) electrons. The van der Waals surface area contributed by atoms with Crippen LogP contribution < -0.4 is 26.0 Å². The zero-order chi connectivity index (χ0) is 22.8. The van der Waals surface area contributed by atoms with Crippen LogP contribution in [0.4, 0.5) is 0 Å². The quantitative estimate of drug-likeness (QED) is 0.539. The maximum atomic E-state index is 13.1. The Balaban J connectivity index is 1.61. The van der Waals surface area contributed by atoms with Crippen molar-refractivity contribution in [1.29, 1.82) is 0 Å². The Morgan fingerprint density at radius 1 is 1.19 bits per heavy atom. The molecule has 1 N–H and O–H groups in total. The summed E-state index contributed by atoms with van der Waals surface area (Å²) in [5.74, 6) is 0.936. The number of benzene rings is 1. The van der Waals surface area contributed by atoms with E-state index in [-0.39, 0.29) is 18.6 Å². The first-order valence-electron chi connectivity index (χ1n) is 10.4. The molecule has 1 aromatic carbocycles. The number of hydrogen-bond acceptors (Lipinski definition) is 6. The van der Waals surface area contributed by atoms with Gasteiger partial charge in [-0.05, 0) is 24.6 Å². The molecule has 0 saturated heterocycles. The van der Waals surface area contributed by atoms with Gasteiger partial charge in [-0.1, -0.05) is 12.1 Å². The van der Waals surface area contributed by atoms with E-state index < -0.39 is 11.2 Å². The maximum absolute atomic E-state index is 13.1. The predicted molar refractivity (Wildman–Crippen MR) is 118 cm³/mol. The zero-order valence-electron chi connectivity index (χ0n) is 18.3. The second kappa shape index (κ2) is 8.91. The highest BCUT2D eigenvalue weighted by molar-refractivity contribution is 5.97. The molecular formula is C22H26N4O6. The van der Waals surface area contributed by atoms with Crippen molar-refractivity contribution < 1.29 is 19.0 Å². The molecule has 0 saturated carbocycles. The fourth-order valence-corrected chi connectivity index (χ4v) is 3.88. The summed E-state index contributed by atoms with van der Waals surface area (Å²) in [7, 11) is 4.60. The Morgan fingerprint density at radius 3 is 2.69 bits per heavy atom. The van der Waals surface area contributed by atoms with E-state index in [1.807, 2.05) is 24.3 Å². The van der Waals surface area contributed by atoms with E-state index in [2.05, 4.69) is 5.32 Å². The Kier molecular flexibility index (Phi) is 6.04. The lowest BCUT2D eigenvalue weighted by atomic mass is 10.2. The molecule has 10 heteroatoms. The number of aryl methyl sites for hydroxylation is 2. The van der Waals surface area contributed by atoms with Gasteiger partial charge in [0.1, 0.15) is 24.1 Å². The van der Waals surface area contributed by atoms with Crippen molar-refractivity contribution in [2.75, 3.05) is 26.9 Å². The van der Waals surface area contributed by atoms with Gasteiger partial charge in [0.2, 0.25) is 0 Å². The number of ether oxygens (including phenoxy) is 3. The van der Waals surface area contributed by atoms with Gasteiger partial charge in [-0.3, -0.25) is 18.7 Å². The summed E-state index contributed by atoms with van der Waals surface area (Å²) >= 11 is 0. The number of aromatic nitrogens is 3. The third-order valence-electron chi connectivity index (χ3n) is 5.52. The van der Waals surface area contributed by atoms with Crippen molar-refractivity contribution in [1.82, 2.24) is 19.0 Å². The van der Waals surface area contributed by atoms with Crippen LogP contribution in [0.2, 0.25) is 0 Å². The van der Waals surface area contributed by atoms with Gasteiger partial charge in [-0.15, -0.1) is 0 Å². The van der Waals surface area contributed by atoms with Crippen molar-refractivity contribution in [2.24, 2.45) is 14.1 Å². The van der Waals surface area contributed by atoms with Crippen LogP contribution in [0.5, 0.6) is 11.5 Å². The standard InChI is InChI=1S/C22H26N4O6/c1-24-20-15(21(28)25(2)22(24)29)11-16(26(20)9-6-10-30-3)19(27)23-12-14-13-31-17-7-4-5-8-18(17)32-14/h4-5,7-8,11,14H,6,9-10,12-13H2,1-3H3,(H,23,27)/t14-/m0/s1. The van der Waals surface area contributed by atoms with E-state index in [9.17, 15) is 14.4 Å². The largest absolute Gasteiger partial charge is 0.486 e. The molecule has 0 spiro atoms. The van der Waals surface area contributed by atoms with Crippen molar-refractivity contribution in [3.63, 3.8) is 0 Å². The minimum Gasteiger partial charge on any atom is -0.486 e. The van der Waals surface area contributed by atoms with E-state index in [1.165, 1.54) is 17.7 Å². The van der Waals surface area contributed by atoms with Crippen LogP contribution in [0.3, 0.4) is 0 Å². The number of methoxy groups -OCH3 is 1. The number of carbonyl (C=O) groups excluding carboxylic acids is 1. The fraction of sp³-hybridized carbons (Fsp3) is 0.409. The van der Waals surface area contributed by atoms with Crippen molar-refractivity contribution in [3.8, 4) is 11.5 Å². The minimum absolute atomic E-state index is 0.226. The van der Waals surface area contributed by atoms with Gasteiger partial charge in [-0.25, -0.2) is 4.79 Å². The van der Waals surface area contributed by atoms with Gasteiger partial charge in [0.05, 0.1) is 11.9 Å². The number of rotatable bonds is 7. The summed E-state index contributed by atoms with van der Waals surface area (Å²) < 4.78 is 20.8. The minimum atomic E-state index is -0.452. The molecule has 10 nitrogen and oxygen atoms in total. The number of para-hydroxylation sites is 2. The molecule has 0 aliphatic carbocycles. The molecule has 0 unspecified atom stereocenters. The van der Waals surface area contributed by atoms with E-state index in [1.54, 1.807) is 18.7 Å². The van der Waals surface area contributed by atoms with E-state index >= 15 is 0 Å². The first kappa shape index (κ1) is 21.7. The summed E-state index contributed by atoms with van der Waals surface area (Å²) in [4.78, 5) is 38.2. The molecule has 1 aliphatic rings. The number of fused-ring (bicyclic) bond motifs is 2. The molecule has 1 atom stereocenters. The summed E-state index contributed by atoms with van der Waals surface area (Å²) in [5, 5.41) is 3.18. The topological polar surface area (TPSA) is 106 Å². The number of hydrogen-bond donors (Lipinski definition) is 1. The summed E-state index contributed by atoms with van der Waals surface area (Å²) in [6.45, 7) is 1.43. The van der Waals surface area contributed by atoms with Crippen molar-refractivity contribution in [3.05, 3.63) is 56.9 Å². The summed E-state index contributed by atoms with van der Waals surface area (Å²) in [6, 6.07) is 8.89. The molecule has 3 aromatic rings. The lowest BCUT2D eigenvalue weighted by Gasteiger charge is -2.26. The molecule has 1 amide bonds. The molecule has 2 aromatic heterocycles. The maximum Gasteiger partial charge on any atom is 0.332 e. The molecule has 32 heavy (non-hydrogen) atoms. The van der Waals surface area contributed by atoms with E-state index in [0.29, 0.717) is 54.4 Å². The number of nitrogens with one attached hydrogen (secondary N) is 1. The number of amides is 1.